The summed E-state index contributed by atoms with van der Waals surface area (Å²) in [6, 6.07) is 23.1. The second-order valence-corrected chi connectivity index (χ2v) is 10.3. The molecule has 0 radical (unpaired) electrons. The number of hydrogen-bond acceptors (Lipinski definition) is 4. The monoisotopic (exact) mass is 624 g/mol. The van der Waals surface area contributed by atoms with Crippen LogP contribution in [0.4, 0.5) is 22.0 Å². The molecule has 4 aromatic carbocycles. The van der Waals surface area contributed by atoms with E-state index in [0.29, 0.717) is 30.4 Å². The van der Waals surface area contributed by atoms with Crippen LogP contribution in [0.15, 0.2) is 103 Å². The molecule has 5 nitrogen and oxygen atoms in total. The summed E-state index contributed by atoms with van der Waals surface area (Å²) in [5, 5.41) is 9.22. The molecule has 0 saturated heterocycles. The highest BCUT2D eigenvalue weighted by Crippen LogP contribution is 2.35. The molecule has 4 rings (SSSR count). The van der Waals surface area contributed by atoms with E-state index in [1.165, 1.54) is 31.2 Å². The highest BCUT2D eigenvalue weighted by Gasteiger charge is 2.36. The normalized spacial score (nSPS) is 12.6. The molecule has 0 heterocycles. The highest BCUT2D eigenvalue weighted by atomic mass is 19.4. The summed E-state index contributed by atoms with van der Waals surface area (Å²) < 4.78 is 76.3. The molecular formula is C35H29F5O5. The molecule has 45 heavy (non-hydrogen) atoms. The van der Waals surface area contributed by atoms with Crippen LogP contribution in [-0.4, -0.2) is 23.2 Å². The van der Waals surface area contributed by atoms with E-state index < -0.39 is 29.8 Å². The number of hydrogen-bond donors (Lipinski definition) is 1. The van der Waals surface area contributed by atoms with Crippen molar-refractivity contribution in [1.82, 2.24) is 0 Å². The molecule has 10 heteroatoms. The molecule has 0 spiro atoms. The van der Waals surface area contributed by atoms with E-state index in [1.807, 2.05) is 18.2 Å². The fraction of sp³-hybridized carbons (Fsp3) is 0.200. The van der Waals surface area contributed by atoms with Gasteiger partial charge in [-0.25, -0.2) is 4.79 Å². The zero-order valence-electron chi connectivity index (χ0n) is 24.1. The number of para-hydroxylation sites is 1. The lowest BCUT2D eigenvalue weighted by atomic mass is 9.91. The average Bonchev–Trinajstić information content (AvgIpc) is 2.99. The standard InChI is InChI=1S/C35H29F5O5/c1-23(41)27-13-8-24(9-14-27)6-7-25(22-26-11-16-29(17-12-26)33(42)43)10-15-28-4-2-3-5-32(28)45-34(36,37)30-18-20-31(21-19-30)44-35(38,39)40/h2-5,8-21,25H,6-7,22H2,1H3,(H,42,43)/b15-10+. The third kappa shape index (κ3) is 9.76. The first-order valence-corrected chi connectivity index (χ1v) is 13.9. The molecule has 0 aliphatic heterocycles. The van der Waals surface area contributed by atoms with E-state index in [0.717, 1.165) is 35.4 Å². The number of carbonyl (C=O) groups is 2. The molecular weight excluding hydrogens is 595 g/mol. The predicted molar refractivity (Wildman–Crippen MR) is 158 cm³/mol. The van der Waals surface area contributed by atoms with Crippen molar-refractivity contribution in [3.8, 4) is 11.5 Å². The summed E-state index contributed by atoms with van der Waals surface area (Å²) in [5.74, 6) is -1.94. The van der Waals surface area contributed by atoms with E-state index in [-0.39, 0.29) is 23.0 Å². The van der Waals surface area contributed by atoms with Crippen molar-refractivity contribution >= 4 is 17.8 Å². The zero-order chi connectivity index (χ0) is 32.6. The Morgan fingerprint density at radius 1 is 0.778 bits per heavy atom. The first-order valence-electron chi connectivity index (χ1n) is 13.9. The molecule has 0 aliphatic carbocycles. The molecule has 1 atom stereocenters. The number of aryl methyl sites for hydroxylation is 1. The zero-order valence-corrected chi connectivity index (χ0v) is 24.1. The number of benzene rings is 4. The van der Waals surface area contributed by atoms with Crippen molar-refractivity contribution in [3.05, 3.63) is 137 Å². The Labute approximate surface area is 256 Å². The maximum absolute atomic E-state index is 15.1. The average molecular weight is 625 g/mol. The third-order valence-electron chi connectivity index (χ3n) is 6.99. The number of carboxylic acid groups (broad SMARTS) is 1. The summed E-state index contributed by atoms with van der Waals surface area (Å²) >= 11 is 0. The van der Waals surface area contributed by atoms with Crippen LogP contribution in [0.3, 0.4) is 0 Å². The van der Waals surface area contributed by atoms with Crippen LogP contribution >= 0.6 is 0 Å². The van der Waals surface area contributed by atoms with Gasteiger partial charge in [0, 0.05) is 11.1 Å². The smallest absolute Gasteiger partial charge is 0.478 e. The SMILES string of the molecule is CC(=O)c1ccc(CCC(/C=C/c2ccccc2OC(F)(F)c2ccc(OC(F)(F)F)cc2)Cc2ccc(C(=O)O)cc2)cc1. The van der Waals surface area contributed by atoms with Gasteiger partial charge < -0.3 is 14.6 Å². The van der Waals surface area contributed by atoms with Crippen molar-refractivity contribution in [3.63, 3.8) is 0 Å². The Kier molecular flexibility index (Phi) is 10.4. The van der Waals surface area contributed by atoms with E-state index in [9.17, 15) is 27.9 Å². The van der Waals surface area contributed by atoms with Gasteiger partial charge in [-0.3, -0.25) is 4.79 Å². The lowest BCUT2D eigenvalue weighted by molar-refractivity contribution is -0.274. The van der Waals surface area contributed by atoms with Gasteiger partial charge in [0.25, 0.3) is 0 Å². The summed E-state index contributed by atoms with van der Waals surface area (Å²) in [6.45, 7) is 1.49. The van der Waals surface area contributed by atoms with Crippen LogP contribution in [0.2, 0.25) is 0 Å². The molecule has 234 valence electrons. The summed E-state index contributed by atoms with van der Waals surface area (Å²) in [5.41, 5.74) is 2.35. The Bertz CT molecular complexity index is 1630. The van der Waals surface area contributed by atoms with Crippen molar-refractivity contribution in [2.24, 2.45) is 5.92 Å². The molecule has 0 bridgehead atoms. The maximum Gasteiger partial charge on any atom is 0.573 e. The number of ketones is 1. The Morgan fingerprint density at radius 3 is 1.98 bits per heavy atom. The fourth-order valence-electron chi connectivity index (χ4n) is 4.61. The van der Waals surface area contributed by atoms with Gasteiger partial charge in [-0.15, -0.1) is 13.2 Å². The molecule has 0 aliphatic rings. The minimum atomic E-state index is -4.95. The lowest BCUT2D eigenvalue weighted by Gasteiger charge is -2.20. The number of halogens is 5. The number of aromatic carboxylic acids is 1. The third-order valence-corrected chi connectivity index (χ3v) is 6.99. The van der Waals surface area contributed by atoms with E-state index in [1.54, 1.807) is 42.5 Å². The van der Waals surface area contributed by atoms with Crippen LogP contribution in [0, 0.1) is 5.92 Å². The molecule has 0 fully saturated rings. The summed E-state index contributed by atoms with van der Waals surface area (Å²) in [6.07, 6.45) is -3.43. The summed E-state index contributed by atoms with van der Waals surface area (Å²) in [4.78, 5) is 22.9. The van der Waals surface area contributed by atoms with E-state index in [2.05, 4.69) is 4.74 Å². The summed E-state index contributed by atoms with van der Waals surface area (Å²) in [7, 11) is 0. The quantitative estimate of drug-likeness (QED) is 0.119. The number of carbonyl (C=O) groups excluding carboxylic acids is 1. The minimum absolute atomic E-state index is 0.0360. The Hall–Kier alpha value is -4.99. The number of carboxylic acids is 1. The number of Topliss-reactive ketones (excluding diaryl/α,β-unsaturated/α-hetero) is 1. The van der Waals surface area contributed by atoms with Gasteiger partial charge in [0.2, 0.25) is 0 Å². The Morgan fingerprint density at radius 2 is 1.38 bits per heavy atom. The largest absolute Gasteiger partial charge is 0.573 e. The van der Waals surface area contributed by atoms with Gasteiger partial charge >= 0.3 is 18.4 Å². The molecule has 0 saturated carbocycles. The Balaban J connectivity index is 1.53. The number of rotatable bonds is 13. The van der Waals surface area contributed by atoms with Gasteiger partial charge in [-0.2, -0.15) is 8.78 Å². The van der Waals surface area contributed by atoms with Crippen LogP contribution < -0.4 is 9.47 Å². The second kappa shape index (κ2) is 14.2. The van der Waals surface area contributed by atoms with Crippen molar-refractivity contribution in [2.45, 2.75) is 38.7 Å². The van der Waals surface area contributed by atoms with Gasteiger partial charge in [0.15, 0.2) is 5.78 Å². The maximum atomic E-state index is 15.1. The molecule has 4 aromatic rings. The highest BCUT2D eigenvalue weighted by molar-refractivity contribution is 5.94. The molecule has 1 N–H and O–H groups in total. The number of allylic oxidation sites excluding steroid dienone is 1. The fourth-order valence-corrected chi connectivity index (χ4v) is 4.61. The predicted octanol–water partition coefficient (Wildman–Crippen LogP) is 9.12. The number of ether oxygens (including phenoxy) is 2. The first kappa shape index (κ1) is 32.9. The topological polar surface area (TPSA) is 72.8 Å². The van der Waals surface area contributed by atoms with E-state index in [4.69, 9.17) is 4.74 Å². The van der Waals surface area contributed by atoms with Gasteiger partial charge in [-0.1, -0.05) is 66.7 Å². The van der Waals surface area contributed by atoms with Crippen LogP contribution in [0.5, 0.6) is 11.5 Å². The van der Waals surface area contributed by atoms with E-state index >= 15 is 8.78 Å². The molecule has 0 aromatic heterocycles. The lowest BCUT2D eigenvalue weighted by Crippen LogP contribution is -2.22. The first-order chi connectivity index (χ1) is 21.3. The molecule has 1 unspecified atom stereocenters. The van der Waals surface area contributed by atoms with Crippen molar-refractivity contribution < 1.29 is 46.1 Å². The van der Waals surface area contributed by atoms with Crippen LogP contribution in [0.25, 0.3) is 6.08 Å². The second-order valence-electron chi connectivity index (χ2n) is 10.3. The van der Waals surface area contributed by atoms with Crippen molar-refractivity contribution in [2.75, 3.05) is 0 Å². The van der Waals surface area contributed by atoms with Crippen molar-refractivity contribution in [1.29, 1.82) is 0 Å². The van der Waals surface area contributed by atoms with Crippen LogP contribution in [0.1, 0.15) is 56.3 Å². The van der Waals surface area contributed by atoms with Crippen LogP contribution in [-0.2, 0) is 19.0 Å². The molecule has 0 amide bonds. The number of alkyl halides is 5. The van der Waals surface area contributed by atoms with Gasteiger partial charge in [0.1, 0.15) is 11.5 Å². The van der Waals surface area contributed by atoms with Gasteiger partial charge in [0.05, 0.1) is 11.1 Å². The van der Waals surface area contributed by atoms with Gasteiger partial charge in [-0.05, 0) is 85.7 Å². The minimum Gasteiger partial charge on any atom is -0.478 e.